The summed E-state index contributed by atoms with van der Waals surface area (Å²) in [5.74, 6) is 0.793. The third kappa shape index (κ3) is 3.31. The molecular weight excluding hydrogens is 270 g/mol. The highest BCUT2D eigenvalue weighted by atomic mass is 35.5. The first-order valence-electron chi connectivity index (χ1n) is 5.82. The Labute approximate surface area is 114 Å². The summed E-state index contributed by atoms with van der Waals surface area (Å²) < 4.78 is 5.96. The van der Waals surface area contributed by atoms with Gasteiger partial charge in [0.25, 0.3) is 5.56 Å². The van der Waals surface area contributed by atoms with Crippen LogP contribution in [0.25, 0.3) is 0 Å². The molecule has 0 saturated carbocycles. The Morgan fingerprint density at radius 1 is 1.53 bits per heavy atom. The van der Waals surface area contributed by atoms with Crippen molar-refractivity contribution in [2.75, 3.05) is 5.32 Å². The molecule has 8 heteroatoms. The maximum Gasteiger partial charge on any atom is 0.287 e. The quantitative estimate of drug-likeness (QED) is 0.896. The van der Waals surface area contributed by atoms with Crippen molar-refractivity contribution in [2.45, 2.75) is 26.9 Å². The van der Waals surface area contributed by atoms with Gasteiger partial charge in [0.05, 0.1) is 18.4 Å². The summed E-state index contributed by atoms with van der Waals surface area (Å²) in [6.45, 7) is 4.85. The van der Waals surface area contributed by atoms with Crippen molar-refractivity contribution < 1.29 is 4.52 Å². The van der Waals surface area contributed by atoms with Gasteiger partial charge in [-0.2, -0.15) is 10.1 Å². The molecule has 0 aliphatic rings. The average Bonchev–Trinajstić information content (AvgIpc) is 2.87. The van der Waals surface area contributed by atoms with E-state index in [-0.39, 0.29) is 10.6 Å². The first-order valence-corrected chi connectivity index (χ1v) is 6.20. The maximum absolute atomic E-state index is 12.0. The van der Waals surface area contributed by atoms with Gasteiger partial charge in [-0.15, -0.1) is 0 Å². The van der Waals surface area contributed by atoms with Gasteiger partial charge >= 0.3 is 0 Å². The van der Waals surface area contributed by atoms with Crippen molar-refractivity contribution >= 4 is 17.3 Å². The Kier molecular flexibility index (Phi) is 4.16. The molecule has 102 valence electrons. The van der Waals surface area contributed by atoms with Gasteiger partial charge in [0.15, 0.2) is 5.82 Å². The Hall–Kier alpha value is -1.89. The summed E-state index contributed by atoms with van der Waals surface area (Å²) in [5.41, 5.74) is 0.143. The smallest absolute Gasteiger partial charge is 0.287 e. The molecule has 2 heterocycles. The van der Waals surface area contributed by atoms with Gasteiger partial charge in [-0.25, -0.2) is 4.68 Å². The predicted octanol–water partition coefficient (Wildman–Crippen LogP) is 1.55. The molecule has 0 atom stereocenters. The van der Waals surface area contributed by atoms with E-state index in [1.54, 1.807) is 0 Å². The zero-order valence-corrected chi connectivity index (χ0v) is 11.4. The third-order valence-electron chi connectivity index (χ3n) is 2.37. The average molecular weight is 284 g/mol. The number of anilines is 1. The highest BCUT2D eigenvalue weighted by Crippen LogP contribution is 2.16. The molecule has 1 N–H and O–H groups in total. The Bertz CT molecular complexity index is 594. The normalized spacial score (nSPS) is 10.9. The van der Waals surface area contributed by atoms with Gasteiger partial charge < -0.3 is 9.84 Å². The number of rotatable bonds is 5. The van der Waals surface area contributed by atoms with Crippen molar-refractivity contribution in [3.05, 3.63) is 33.8 Å². The molecule has 0 spiro atoms. The summed E-state index contributed by atoms with van der Waals surface area (Å²) in [7, 11) is 0. The minimum absolute atomic E-state index is 0.110. The largest absolute Gasteiger partial charge is 0.375 e. The molecule has 0 aliphatic carbocycles. The summed E-state index contributed by atoms with van der Waals surface area (Å²) in [5, 5.41) is 10.8. The molecule has 0 bridgehead atoms. The van der Waals surface area contributed by atoms with E-state index in [2.05, 4.69) is 25.1 Å². The fourth-order valence-corrected chi connectivity index (χ4v) is 1.72. The van der Waals surface area contributed by atoms with Crippen molar-refractivity contribution in [1.82, 2.24) is 19.9 Å². The van der Waals surface area contributed by atoms with Crippen LogP contribution in [0.3, 0.4) is 0 Å². The summed E-state index contributed by atoms with van der Waals surface area (Å²) >= 11 is 6.02. The summed E-state index contributed by atoms with van der Waals surface area (Å²) in [6.07, 6.45) is 2.75. The second-order valence-electron chi connectivity index (χ2n) is 4.45. The monoisotopic (exact) mass is 283 g/mol. The Morgan fingerprint density at radius 2 is 2.32 bits per heavy atom. The van der Waals surface area contributed by atoms with Gasteiger partial charge in [0.2, 0.25) is 6.39 Å². The molecular formula is C11H14ClN5O2. The van der Waals surface area contributed by atoms with Crippen LogP contribution in [0.1, 0.15) is 19.7 Å². The van der Waals surface area contributed by atoms with Crippen molar-refractivity contribution in [1.29, 1.82) is 0 Å². The maximum atomic E-state index is 12.0. The second-order valence-corrected chi connectivity index (χ2v) is 4.83. The summed E-state index contributed by atoms with van der Waals surface area (Å²) in [4.78, 5) is 15.8. The van der Waals surface area contributed by atoms with E-state index in [0.717, 1.165) is 0 Å². The lowest BCUT2D eigenvalue weighted by Crippen LogP contribution is -2.26. The van der Waals surface area contributed by atoms with Crippen LogP contribution in [-0.4, -0.2) is 19.9 Å². The van der Waals surface area contributed by atoms with Gasteiger partial charge in [0.1, 0.15) is 5.02 Å². The molecule has 19 heavy (non-hydrogen) atoms. The van der Waals surface area contributed by atoms with Crippen molar-refractivity contribution in [3.8, 4) is 0 Å². The van der Waals surface area contributed by atoms with Crippen LogP contribution < -0.4 is 10.9 Å². The highest BCUT2D eigenvalue weighted by Gasteiger charge is 2.10. The third-order valence-corrected chi connectivity index (χ3v) is 2.73. The molecule has 2 rings (SSSR count). The first-order chi connectivity index (χ1) is 9.08. The van der Waals surface area contributed by atoms with Crippen LogP contribution in [0.5, 0.6) is 0 Å². The fourth-order valence-electron chi connectivity index (χ4n) is 1.51. The number of halogens is 1. The molecule has 0 unspecified atom stereocenters. The minimum Gasteiger partial charge on any atom is -0.375 e. The van der Waals surface area contributed by atoms with E-state index < -0.39 is 0 Å². The predicted molar refractivity (Wildman–Crippen MR) is 70.0 cm³/mol. The molecule has 2 aromatic heterocycles. The lowest BCUT2D eigenvalue weighted by molar-refractivity contribution is 0.411. The van der Waals surface area contributed by atoms with E-state index in [9.17, 15) is 4.79 Å². The van der Waals surface area contributed by atoms with Gasteiger partial charge in [-0.3, -0.25) is 4.79 Å². The number of nitrogens with one attached hydrogen (secondary N) is 1. The molecule has 0 aliphatic heterocycles. The van der Waals surface area contributed by atoms with Crippen molar-refractivity contribution in [2.24, 2.45) is 5.92 Å². The number of hydrogen-bond donors (Lipinski definition) is 1. The van der Waals surface area contributed by atoms with Crippen LogP contribution in [0.2, 0.25) is 5.02 Å². The lowest BCUT2D eigenvalue weighted by Gasteiger charge is -2.10. The lowest BCUT2D eigenvalue weighted by atomic mass is 10.2. The van der Waals surface area contributed by atoms with Crippen LogP contribution in [0.4, 0.5) is 5.69 Å². The zero-order chi connectivity index (χ0) is 13.8. The van der Waals surface area contributed by atoms with E-state index in [4.69, 9.17) is 11.6 Å². The molecule has 7 nitrogen and oxygen atoms in total. The second kappa shape index (κ2) is 5.83. The van der Waals surface area contributed by atoms with Crippen LogP contribution in [-0.2, 0) is 13.1 Å². The van der Waals surface area contributed by atoms with Crippen LogP contribution in [0, 0.1) is 5.92 Å². The Morgan fingerprint density at radius 3 is 2.95 bits per heavy atom. The Balaban J connectivity index is 2.14. The number of hydrogen-bond acceptors (Lipinski definition) is 6. The number of aromatic nitrogens is 4. The van der Waals surface area contributed by atoms with E-state index >= 15 is 0 Å². The fraction of sp³-hybridized carbons (Fsp3) is 0.455. The minimum atomic E-state index is -0.312. The molecule has 0 aromatic carbocycles. The first kappa shape index (κ1) is 13.5. The van der Waals surface area contributed by atoms with E-state index in [1.807, 2.05) is 13.8 Å². The number of nitrogens with zero attached hydrogens (tertiary/aromatic N) is 4. The zero-order valence-electron chi connectivity index (χ0n) is 10.6. The van der Waals surface area contributed by atoms with Gasteiger partial charge in [-0.05, 0) is 5.92 Å². The van der Waals surface area contributed by atoms with Crippen molar-refractivity contribution in [3.63, 3.8) is 0 Å². The van der Waals surface area contributed by atoms with Crippen LogP contribution in [0.15, 0.2) is 21.9 Å². The topological polar surface area (TPSA) is 85.8 Å². The standard InChI is InChI=1S/C11H14ClN5O2/c1-7(2)5-17-11(18)10(12)8(3-15-17)13-4-9-14-6-19-16-9/h3,6-7,13H,4-5H2,1-2H3. The molecule has 0 radical (unpaired) electrons. The highest BCUT2D eigenvalue weighted by molar-refractivity contribution is 6.32. The molecule has 2 aromatic rings. The molecule has 0 saturated heterocycles. The van der Waals surface area contributed by atoms with E-state index in [0.29, 0.717) is 30.5 Å². The molecule has 0 amide bonds. The summed E-state index contributed by atoms with van der Waals surface area (Å²) in [6, 6.07) is 0. The van der Waals surface area contributed by atoms with E-state index in [1.165, 1.54) is 17.3 Å². The van der Waals surface area contributed by atoms with Gasteiger partial charge in [-0.1, -0.05) is 30.6 Å². The molecule has 0 fully saturated rings. The van der Waals surface area contributed by atoms with Gasteiger partial charge in [0, 0.05) is 6.54 Å². The van der Waals surface area contributed by atoms with Crippen LogP contribution >= 0.6 is 11.6 Å². The SMILES string of the molecule is CC(C)Cn1ncc(NCc2ncon2)c(Cl)c1=O.